The Balaban J connectivity index is 1.27. The second kappa shape index (κ2) is 13.6. The first-order valence-electron chi connectivity index (χ1n) is 20.4. The fourth-order valence-electron chi connectivity index (χ4n) is 8.23. The van der Waals surface area contributed by atoms with Crippen molar-refractivity contribution in [3.8, 4) is 41.2 Å². The van der Waals surface area contributed by atoms with E-state index in [4.69, 9.17) is 33.8 Å². The minimum atomic E-state index is -3.13. The third-order valence-corrected chi connectivity index (χ3v) is 11.1. The van der Waals surface area contributed by atoms with Crippen molar-refractivity contribution in [2.75, 3.05) is 64.9 Å². The van der Waals surface area contributed by atoms with Crippen molar-refractivity contribution in [1.82, 2.24) is 25.2 Å². The number of hydrogen-bond acceptors (Lipinski definition) is 10. The van der Waals surface area contributed by atoms with E-state index in [1.807, 2.05) is 0 Å². The summed E-state index contributed by atoms with van der Waals surface area (Å²) in [7, 11) is -5.81. The van der Waals surface area contributed by atoms with Crippen molar-refractivity contribution in [3.63, 3.8) is 0 Å². The van der Waals surface area contributed by atoms with Crippen molar-refractivity contribution in [2.45, 2.75) is 50.1 Å². The predicted octanol–water partition coefficient (Wildman–Crippen LogP) is 6.18. The van der Waals surface area contributed by atoms with Crippen molar-refractivity contribution >= 4 is 27.5 Å². The van der Waals surface area contributed by atoms with Crippen molar-refractivity contribution < 1.29 is 45.1 Å². The van der Waals surface area contributed by atoms with Crippen LogP contribution in [0.25, 0.3) is 32.9 Å². The van der Waals surface area contributed by atoms with Gasteiger partial charge >= 0.3 is 6.01 Å². The molecule has 3 saturated heterocycles. The number of rotatable bonds is 10. The van der Waals surface area contributed by atoms with Crippen LogP contribution < -0.4 is 19.7 Å². The fourth-order valence-corrected chi connectivity index (χ4v) is 8.23. The Labute approximate surface area is 312 Å². The van der Waals surface area contributed by atoms with Crippen molar-refractivity contribution in [1.29, 1.82) is 0 Å². The molecule has 1 aliphatic carbocycles. The number of aromatic hydroxyl groups is 1. The van der Waals surface area contributed by atoms with Crippen molar-refractivity contribution in [2.24, 2.45) is 5.41 Å². The van der Waals surface area contributed by atoms with Gasteiger partial charge in [0.1, 0.15) is 34.0 Å². The molecule has 2 aromatic carbocycles. The second-order valence-corrected chi connectivity index (χ2v) is 14.7. The molecule has 4 aromatic rings. The van der Waals surface area contributed by atoms with Gasteiger partial charge in [-0.3, -0.25) is 0 Å². The minimum absolute atomic E-state index is 0.00146. The van der Waals surface area contributed by atoms with Crippen LogP contribution in [0.1, 0.15) is 52.3 Å². The molecule has 0 radical (unpaired) electrons. The number of pyridine rings is 1. The van der Waals surface area contributed by atoms with Gasteiger partial charge in [-0.15, -0.1) is 6.42 Å². The summed E-state index contributed by atoms with van der Waals surface area (Å²) in [6, 6.07) is 4.41. The molecule has 10 nitrogen and oxygen atoms in total. The van der Waals surface area contributed by atoms with E-state index >= 15 is 8.78 Å². The zero-order valence-electron chi connectivity index (χ0n) is 34.6. The Morgan fingerprint density at radius 2 is 1.92 bits per heavy atom. The molecule has 5 heterocycles. The van der Waals surface area contributed by atoms with Crippen molar-refractivity contribution in [3.05, 3.63) is 53.1 Å². The first-order chi connectivity index (χ1) is 27.8. The first kappa shape index (κ1) is 28.7. The monoisotopic (exact) mass is 738 g/mol. The first-order valence-corrected chi connectivity index (χ1v) is 17.4. The number of nitrogens with one attached hydrogen (secondary N) is 1. The highest BCUT2D eigenvalue weighted by Crippen LogP contribution is 2.48. The molecule has 1 saturated carbocycles. The summed E-state index contributed by atoms with van der Waals surface area (Å²) in [6.45, 7) is 1.75. The van der Waals surface area contributed by atoms with Crippen LogP contribution in [0.5, 0.6) is 17.6 Å². The lowest BCUT2D eigenvalue weighted by atomic mass is 9.95. The summed E-state index contributed by atoms with van der Waals surface area (Å²) < 4.78 is 123. The van der Waals surface area contributed by atoms with Crippen LogP contribution in [0, 0.1) is 29.4 Å². The number of anilines is 1. The molecule has 0 spiro atoms. The Kier molecular flexibility index (Phi) is 7.38. The number of ether oxygens (including phenoxy) is 3. The van der Waals surface area contributed by atoms with E-state index < -0.39 is 54.4 Å². The molecule has 8 rings (SSSR count). The Morgan fingerprint density at radius 3 is 2.66 bits per heavy atom. The van der Waals surface area contributed by atoms with Gasteiger partial charge in [-0.05, 0) is 67.7 Å². The van der Waals surface area contributed by atoms with Gasteiger partial charge in [0, 0.05) is 62.2 Å². The van der Waals surface area contributed by atoms with Crippen LogP contribution in [0.15, 0.2) is 35.9 Å². The molecular weight excluding hydrogens is 692 g/mol. The number of piperidine rings is 1. The standard InChI is InChI=1S/C39H40F4N6O4/c1-4-26-28(40)6-5-23-15-25(50)16-27(29(23)26)32-31(41)33-30(36(44-32)52-3)35(49-17-24-7-10-39(19-49,47-24)21-51-2)46-37(45-33)53-20-38(11-12-38)18-48-13-8-22(9-14-48)34(42)43/h1,5-6,15-16,24,47,50H,7-14,17-21H2,2-3H3/i2D3,3D3. The number of halogens is 4. The molecule has 2 N–H and O–H groups in total. The summed E-state index contributed by atoms with van der Waals surface area (Å²) in [5.74, 6) is -0.586. The molecule has 2 unspecified atom stereocenters. The number of fused-ring (bicyclic) bond motifs is 4. The number of terminal acetylenes is 1. The third kappa shape index (κ3) is 6.49. The number of phenolic OH excluding ortho intramolecular Hbond substituents is 1. The summed E-state index contributed by atoms with van der Waals surface area (Å²) in [5, 5.41) is 14.2. The molecular formula is C39H40F4N6O4. The maximum absolute atomic E-state index is 17.5. The number of likely N-dealkylation sites (tertiary alicyclic amines) is 1. The van der Waals surface area contributed by atoms with Gasteiger partial charge in [0.25, 0.3) is 6.08 Å². The smallest absolute Gasteiger partial charge is 0.319 e. The van der Waals surface area contributed by atoms with E-state index in [0.717, 1.165) is 25.0 Å². The Morgan fingerprint density at radius 1 is 1.09 bits per heavy atom. The minimum Gasteiger partial charge on any atom is -0.508 e. The highest BCUT2D eigenvalue weighted by atomic mass is 19.3. The Hall–Kier alpha value is -4.71. The highest BCUT2D eigenvalue weighted by molar-refractivity contribution is 6.04. The zero-order chi connectivity index (χ0) is 42.1. The number of hydrogen-bond donors (Lipinski definition) is 2. The van der Waals surface area contributed by atoms with Gasteiger partial charge in [0.15, 0.2) is 5.82 Å². The number of phenols is 1. The summed E-state index contributed by atoms with van der Waals surface area (Å²) in [6.07, 6.45) is 7.31. The zero-order valence-corrected chi connectivity index (χ0v) is 28.6. The molecule has 4 fully saturated rings. The van der Waals surface area contributed by atoms with Gasteiger partial charge in [-0.25, -0.2) is 13.8 Å². The topological polar surface area (TPSA) is 105 Å². The third-order valence-electron chi connectivity index (χ3n) is 11.1. The largest absolute Gasteiger partial charge is 0.508 e. The second-order valence-electron chi connectivity index (χ2n) is 14.7. The van der Waals surface area contributed by atoms with Crippen LogP contribution in [0.3, 0.4) is 0 Å². The lowest BCUT2D eigenvalue weighted by molar-refractivity contribution is 0.114. The quantitative estimate of drug-likeness (QED) is 0.145. The van der Waals surface area contributed by atoms with Crippen LogP contribution >= 0.6 is 0 Å². The van der Waals surface area contributed by atoms with E-state index in [2.05, 4.69) is 26.1 Å². The average Bonchev–Trinajstić information content (AvgIpc) is 3.87. The van der Waals surface area contributed by atoms with E-state index in [-0.39, 0.29) is 101 Å². The fraction of sp³-hybridized carbons (Fsp3) is 0.462. The van der Waals surface area contributed by atoms with E-state index in [1.165, 1.54) is 12.1 Å². The van der Waals surface area contributed by atoms with Crippen LogP contribution in [-0.2, 0) is 4.74 Å². The molecule has 4 aliphatic rings. The molecule has 278 valence electrons. The molecule has 2 aromatic heterocycles. The SMILES string of the molecule is [2H]C([2H])([2H])OCC12CCC(CN(c3nc(OCC4(CN5CCC(=C(F)F)CC5)CC4)nc4c(F)c(-c5cc(O)cc6ccc(F)c(C#C)c56)nc(OC([2H])([2H])[2H])c34)C1)N2. The van der Waals surface area contributed by atoms with Crippen LogP contribution in [0.2, 0.25) is 0 Å². The van der Waals surface area contributed by atoms with Crippen LogP contribution in [0.4, 0.5) is 23.4 Å². The summed E-state index contributed by atoms with van der Waals surface area (Å²) >= 11 is 0. The Bertz CT molecular complexity index is 2390. The van der Waals surface area contributed by atoms with E-state index in [1.54, 1.807) is 4.90 Å². The number of methoxy groups -OCH3 is 2. The number of nitrogens with zero attached hydrogens (tertiary/aromatic N) is 5. The highest BCUT2D eigenvalue weighted by Gasteiger charge is 2.47. The molecule has 3 aliphatic heterocycles. The van der Waals surface area contributed by atoms with Gasteiger partial charge in [0.2, 0.25) is 5.88 Å². The number of aromatic nitrogens is 3. The molecule has 53 heavy (non-hydrogen) atoms. The maximum atomic E-state index is 17.5. The lowest BCUT2D eigenvalue weighted by Crippen LogP contribution is -2.61. The predicted molar refractivity (Wildman–Crippen MR) is 191 cm³/mol. The summed E-state index contributed by atoms with van der Waals surface area (Å²) in [4.78, 5) is 17.4. The number of benzene rings is 2. The molecule has 2 atom stereocenters. The van der Waals surface area contributed by atoms with Gasteiger partial charge in [-0.2, -0.15) is 18.7 Å². The molecule has 2 bridgehead atoms. The van der Waals surface area contributed by atoms with Crippen LogP contribution in [-0.4, -0.2) is 96.6 Å². The maximum Gasteiger partial charge on any atom is 0.319 e. The molecule has 0 amide bonds. The van der Waals surface area contributed by atoms with Gasteiger partial charge in [-0.1, -0.05) is 12.0 Å². The van der Waals surface area contributed by atoms with E-state index in [9.17, 15) is 13.9 Å². The normalized spacial score (nSPS) is 24.5. The average molecular weight is 739 g/mol. The van der Waals surface area contributed by atoms with Gasteiger partial charge in [0.05, 0.1) is 39.6 Å². The van der Waals surface area contributed by atoms with Gasteiger partial charge < -0.3 is 34.4 Å². The lowest BCUT2D eigenvalue weighted by Gasteiger charge is -2.41. The van der Waals surface area contributed by atoms with E-state index in [0.29, 0.717) is 32.5 Å². The summed E-state index contributed by atoms with van der Waals surface area (Å²) in [5.41, 5.74) is -2.52. The molecule has 14 heteroatoms. The number of piperazine rings is 1.